The normalized spacial score (nSPS) is 11.7. The van der Waals surface area contributed by atoms with E-state index in [0.717, 1.165) is 10.3 Å². The summed E-state index contributed by atoms with van der Waals surface area (Å²) in [5.74, 6) is -2.00. The molecule has 0 radical (unpaired) electrons. The molecule has 1 amide bonds. The lowest BCUT2D eigenvalue weighted by molar-refractivity contribution is -0.167. The minimum absolute atomic E-state index is 0.108. The molecule has 2 aromatic heterocycles. The number of rotatable bonds is 2. The number of hydrogen-bond donors (Lipinski definition) is 1. The Morgan fingerprint density at radius 1 is 1.22 bits per heavy atom. The van der Waals surface area contributed by atoms with Crippen LogP contribution >= 0.6 is 11.3 Å². The molecule has 0 aliphatic carbocycles. The highest BCUT2D eigenvalue weighted by molar-refractivity contribution is 7.21. The van der Waals surface area contributed by atoms with Crippen LogP contribution in [-0.2, 0) is 4.79 Å². The van der Waals surface area contributed by atoms with Crippen LogP contribution in [0.1, 0.15) is 5.56 Å². The van der Waals surface area contributed by atoms with Crippen LogP contribution in [0.5, 0.6) is 0 Å². The Kier molecular flexibility index (Phi) is 3.77. The fraction of sp³-hybridized carbons (Fsp3) is 0.133. The summed E-state index contributed by atoms with van der Waals surface area (Å²) in [6.45, 7) is 1.64. The zero-order valence-corrected chi connectivity index (χ0v) is 12.6. The van der Waals surface area contributed by atoms with Gasteiger partial charge in [-0.3, -0.25) is 4.79 Å². The van der Waals surface area contributed by atoms with Crippen LogP contribution in [0.15, 0.2) is 36.5 Å². The van der Waals surface area contributed by atoms with Gasteiger partial charge in [0.2, 0.25) is 0 Å². The average molecular weight is 337 g/mol. The van der Waals surface area contributed by atoms with Crippen molar-refractivity contribution in [1.29, 1.82) is 0 Å². The second-order valence-electron chi connectivity index (χ2n) is 4.78. The van der Waals surface area contributed by atoms with Crippen LogP contribution in [-0.4, -0.2) is 22.1 Å². The fourth-order valence-corrected chi connectivity index (χ4v) is 3.07. The lowest BCUT2D eigenvalue weighted by atomic mass is 10.1. The van der Waals surface area contributed by atoms with E-state index < -0.39 is 12.1 Å². The van der Waals surface area contributed by atoms with Crippen molar-refractivity contribution in [3.05, 3.63) is 42.1 Å². The van der Waals surface area contributed by atoms with Crippen molar-refractivity contribution in [2.45, 2.75) is 13.1 Å². The molecule has 23 heavy (non-hydrogen) atoms. The van der Waals surface area contributed by atoms with E-state index in [-0.39, 0.29) is 5.69 Å². The van der Waals surface area contributed by atoms with Gasteiger partial charge in [-0.1, -0.05) is 23.5 Å². The van der Waals surface area contributed by atoms with E-state index in [4.69, 9.17) is 0 Å². The molecule has 0 spiro atoms. The number of benzene rings is 1. The summed E-state index contributed by atoms with van der Waals surface area (Å²) >= 11 is 1.34. The van der Waals surface area contributed by atoms with E-state index >= 15 is 0 Å². The molecular weight excluding hydrogens is 327 g/mol. The van der Waals surface area contributed by atoms with Gasteiger partial charge in [-0.2, -0.15) is 13.2 Å². The number of pyridine rings is 1. The Hall–Kier alpha value is -2.48. The molecule has 1 N–H and O–H groups in total. The van der Waals surface area contributed by atoms with Crippen molar-refractivity contribution in [2.75, 3.05) is 5.32 Å². The van der Waals surface area contributed by atoms with Crippen molar-refractivity contribution in [1.82, 2.24) is 9.97 Å². The van der Waals surface area contributed by atoms with Gasteiger partial charge >= 0.3 is 12.1 Å². The minimum Gasteiger partial charge on any atom is -0.318 e. The van der Waals surface area contributed by atoms with Crippen LogP contribution in [0.25, 0.3) is 20.9 Å². The van der Waals surface area contributed by atoms with Gasteiger partial charge in [0.15, 0.2) is 0 Å². The number of nitrogens with one attached hydrogen (secondary N) is 1. The Labute approximate surface area is 133 Å². The highest BCUT2D eigenvalue weighted by Gasteiger charge is 2.38. The number of anilines is 1. The molecule has 0 saturated heterocycles. The van der Waals surface area contributed by atoms with Crippen molar-refractivity contribution in [3.8, 4) is 10.6 Å². The number of hydrogen-bond acceptors (Lipinski definition) is 4. The summed E-state index contributed by atoms with van der Waals surface area (Å²) in [5.41, 5.74) is 2.01. The standard InChI is InChI=1S/C15H10F3N3OS/c1-8-9(12-20-11-6-3-7-19-13(11)23-12)4-2-5-10(8)21-14(22)15(16,17)18/h2-7H,1H3,(H,21,22). The zero-order valence-electron chi connectivity index (χ0n) is 11.8. The van der Waals surface area contributed by atoms with Crippen LogP contribution in [0.3, 0.4) is 0 Å². The molecule has 8 heteroatoms. The van der Waals surface area contributed by atoms with Crippen LogP contribution in [0.4, 0.5) is 18.9 Å². The maximum atomic E-state index is 12.4. The number of fused-ring (bicyclic) bond motifs is 1. The van der Waals surface area contributed by atoms with E-state index in [1.54, 1.807) is 31.3 Å². The Morgan fingerprint density at radius 2 is 2.00 bits per heavy atom. The summed E-state index contributed by atoms with van der Waals surface area (Å²) in [6, 6.07) is 8.32. The van der Waals surface area contributed by atoms with Gasteiger partial charge < -0.3 is 5.32 Å². The zero-order chi connectivity index (χ0) is 16.6. The molecular formula is C15H10F3N3OS. The summed E-state index contributed by atoms with van der Waals surface area (Å²) < 4.78 is 37.2. The van der Waals surface area contributed by atoms with Crippen molar-refractivity contribution in [3.63, 3.8) is 0 Å². The molecule has 0 atom stereocenters. The maximum absolute atomic E-state index is 12.4. The Balaban J connectivity index is 2.01. The van der Waals surface area contributed by atoms with Gasteiger partial charge in [-0.15, -0.1) is 0 Å². The van der Waals surface area contributed by atoms with Gasteiger partial charge in [-0.25, -0.2) is 9.97 Å². The molecule has 4 nitrogen and oxygen atoms in total. The molecule has 3 rings (SSSR count). The SMILES string of the molecule is Cc1c(NC(=O)C(F)(F)F)cccc1-c1nc2cccnc2s1. The quantitative estimate of drug-likeness (QED) is 0.764. The fourth-order valence-electron chi connectivity index (χ4n) is 2.08. The van der Waals surface area contributed by atoms with Gasteiger partial charge in [0.25, 0.3) is 0 Å². The molecule has 0 aliphatic heterocycles. The van der Waals surface area contributed by atoms with E-state index in [1.807, 2.05) is 11.4 Å². The molecule has 3 aromatic rings. The Morgan fingerprint density at radius 3 is 2.70 bits per heavy atom. The van der Waals surface area contributed by atoms with Gasteiger partial charge in [-0.05, 0) is 30.7 Å². The number of thiazole rings is 1. The largest absolute Gasteiger partial charge is 0.471 e. The van der Waals surface area contributed by atoms with Crippen molar-refractivity contribution >= 4 is 33.3 Å². The number of carbonyl (C=O) groups excluding carboxylic acids is 1. The molecule has 0 unspecified atom stereocenters. The predicted molar refractivity (Wildman–Crippen MR) is 82.3 cm³/mol. The number of alkyl halides is 3. The summed E-state index contributed by atoms with van der Waals surface area (Å²) in [7, 11) is 0. The highest BCUT2D eigenvalue weighted by atomic mass is 32.1. The van der Waals surface area contributed by atoms with Crippen LogP contribution in [0, 0.1) is 6.92 Å². The number of halogens is 3. The van der Waals surface area contributed by atoms with E-state index in [1.165, 1.54) is 17.4 Å². The van der Waals surface area contributed by atoms with E-state index in [0.29, 0.717) is 16.1 Å². The summed E-state index contributed by atoms with van der Waals surface area (Å²) in [6.07, 6.45) is -3.28. The molecule has 0 saturated carbocycles. The predicted octanol–water partition coefficient (Wildman–Crippen LogP) is 4.17. The van der Waals surface area contributed by atoms with E-state index in [9.17, 15) is 18.0 Å². The monoisotopic (exact) mass is 337 g/mol. The van der Waals surface area contributed by atoms with Gasteiger partial charge in [0, 0.05) is 17.4 Å². The first-order valence-electron chi connectivity index (χ1n) is 6.56. The first kappa shape index (κ1) is 15.4. The summed E-state index contributed by atoms with van der Waals surface area (Å²) in [4.78, 5) is 20.5. The number of amides is 1. The Bertz CT molecular complexity index is 856. The number of nitrogens with zero attached hydrogens (tertiary/aromatic N) is 2. The summed E-state index contributed by atoms with van der Waals surface area (Å²) in [5, 5.41) is 2.53. The second kappa shape index (κ2) is 5.62. The molecule has 0 aliphatic rings. The highest BCUT2D eigenvalue weighted by Crippen LogP contribution is 2.34. The van der Waals surface area contributed by atoms with E-state index in [2.05, 4.69) is 9.97 Å². The maximum Gasteiger partial charge on any atom is 0.471 e. The third kappa shape index (κ3) is 3.02. The second-order valence-corrected chi connectivity index (χ2v) is 5.75. The minimum atomic E-state index is -4.93. The number of carbonyl (C=O) groups is 1. The lowest BCUT2D eigenvalue weighted by Gasteiger charge is -2.12. The van der Waals surface area contributed by atoms with Crippen LogP contribution in [0.2, 0.25) is 0 Å². The third-order valence-corrected chi connectivity index (χ3v) is 4.25. The average Bonchev–Trinajstić information content (AvgIpc) is 2.92. The first-order chi connectivity index (χ1) is 10.9. The molecule has 2 heterocycles. The molecule has 0 fully saturated rings. The first-order valence-corrected chi connectivity index (χ1v) is 7.37. The topological polar surface area (TPSA) is 54.9 Å². The van der Waals surface area contributed by atoms with Gasteiger partial charge in [0.05, 0.1) is 0 Å². The van der Waals surface area contributed by atoms with Crippen LogP contribution < -0.4 is 5.32 Å². The smallest absolute Gasteiger partial charge is 0.318 e. The lowest BCUT2D eigenvalue weighted by Crippen LogP contribution is -2.30. The van der Waals surface area contributed by atoms with Crippen molar-refractivity contribution in [2.24, 2.45) is 0 Å². The third-order valence-electron chi connectivity index (χ3n) is 3.24. The molecule has 1 aromatic carbocycles. The van der Waals surface area contributed by atoms with Crippen molar-refractivity contribution < 1.29 is 18.0 Å². The number of aromatic nitrogens is 2. The molecule has 0 bridgehead atoms. The van der Waals surface area contributed by atoms with Gasteiger partial charge in [0.1, 0.15) is 15.4 Å². The molecule has 118 valence electrons.